The van der Waals surface area contributed by atoms with Crippen LogP contribution < -0.4 is 0 Å². The van der Waals surface area contributed by atoms with Gasteiger partial charge in [-0.1, -0.05) is 25.0 Å². The van der Waals surface area contributed by atoms with Crippen molar-refractivity contribution in [2.75, 3.05) is 26.2 Å². The maximum Gasteiger partial charge on any atom is 0.282 e. The van der Waals surface area contributed by atoms with Crippen molar-refractivity contribution in [1.82, 2.24) is 14.8 Å². The summed E-state index contributed by atoms with van der Waals surface area (Å²) < 4.78 is 1.04. The van der Waals surface area contributed by atoms with Gasteiger partial charge in [0.15, 0.2) is 5.01 Å². The maximum atomic E-state index is 12.7. The van der Waals surface area contributed by atoms with Crippen molar-refractivity contribution in [2.24, 2.45) is 5.92 Å². The number of rotatable bonds is 2. The quantitative estimate of drug-likeness (QED) is 0.842. The monoisotopic (exact) mass is 343 g/mol. The summed E-state index contributed by atoms with van der Waals surface area (Å²) in [5.74, 6) is 0.500. The number of carbonyl (C=O) groups excluding carboxylic acids is 2. The van der Waals surface area contributed by atoms with E-state index in [4.69, 9.17) is 0 Å². The molecule has 0 bridgehead atoms. The third-order valence-corrected chi connectivity index (χ3v) is 6.08. The van der Waals surface area contributed by atoms with Crippen molar-refractivity contribution in [3.8, 4) is 0 Å². The Hall–Kier alpha value is -1.95. The van der Waals surface area contributed by atoms with Crippen LogP contribution in [0.3, 0.4) is 0 Å². The highest BCUT2D eigenvalue weighted by atomic mass is 32.1. The van der Waals surface area contributed by atoms with Gasteiger partial charge >= 0.3 is 0 Å². The van der Waals surface area contributed by atoms with E-state index in [9.17, 15) is 9.59 Å². The average molecular weight is 343 g/mol. The molecule has 1 saturated carbocycles. The molecule has 1 aromatic carbocycles. The Morgan fingerprint density at radius 3 is 2.38 bits per heavy atom. The van der Waals surface area contributed by atoms with Gasteiger partial charge in [0.2, 0.25) is 5.91 Å². The number of fused-ring (bicyclic) bond motifs is 1. The van der Waals surface area contributed by atoms with Gasteiger partial charge in [0.1, 0.15) is 0 Å². The zero-order valence-electron chi connectivity index (χ0n) is 13.6. The normalized spacial score (nSPS) is 19.2. The van der Waals surface area contributed by atoms with Gasteiger partial charge in [-0.2, -0.15) is 0 Å². The minimum atomic E-state index is -0.0100. The average Bonchev–Trinajstić information content (AvgIpc) is 3.30. The van der Waals surface area contributed by atoms with Crippen molar-refractivity contribution in [3.63, 3.8) is 0 Å². The van der Waals surface area contributed by atoms with Gasteiger partial charge in [-0.15, -0.1) is 11.3 Å². The van der Waals surface area contributed by atoms with E-state index in [0.29, 0.717) is 37.1 Å². The van der Waals surface area contributed by atoms with E-state index in [-0.39, 0.29) is 11.8 Å². The molecule has 126 valence electrons. The van der Waals surface area contributed by atoms with E-state index < -0.39 is 0 Å². The van der Waals surface area contributed by atoms with Crippen LogP contribution in [0.2, 0.25) is 0 Å². The molecule has 0 spiro atoms. The SMILES string of the molecule is O=C(c1nc2ccccc2s1)N1CCN(C(=O)C2CCCC2)CC1. The summed E-state index contributed by atoms with van der Waals surface area (Å²) in [6.07, 6.45) is 4.41. The van der Waals surface area contributed by atoms with Gasteiger partial charge in [0, 0.05) is 32.1 Å². The van der Waals surface area contributed by atoms with Crippen LogP contribution >= 0.6 is 11.3 Å². The summed E-state index contributed by atoms with van der Waals surface area (Å²) in [6.45, 7) is 2.50. The Labute approximate surface area is 145 Å². The Balaban J connectivity index is 1.39. The number of amides is 2. The van der Waals surface area contributed by atoms with Gasteiger partial charge < -0.3 is 9.80 Å². The number of nitrogens with zero attached hydrogens (tertiary/aromatic N) is 3. The number of hydrogen-bond acceptors (Lipinski definition) is 4. The number of hydrogen-bond donors (Lipinski definition) is 0. The lowest BCUT2D eigenvalue weighted by atomic mass is 10.1. The van der Waals surface area contributed by atoms with E-state index in [0.717, 1.165) is 23.1 Å². The van der Waals surface area contributed by atoms with E-state index in [1.807, 2.05) is 34.1 Å². The van der Waals surface area contributed by atoms with Gasteiger partial charge in [-0.25, -0.2) is 4.98 Å². The molecule has 0 atom stereocenters. The van der Waals surface area contributed by atoms with Crippen molar-refractivity contribution in [3.05, 3.63) is 29.3 Å². The predicted molar refractivity (Wildman–Crippen MR) is 94.1 cm³/mol. The number of thiazole rings is 1. The topological polar surface area (TPSA) is 53.5 Å². The number of aromatic nitrogens is 1. The molecular weight excluding hydrogens is 322 g/mol. The number of piperazine rings is 1. The summed E-state index contributed by atoms with van der Waals surface area (Å²) >= 11 is 1.44. The van der Waals surface area contributed by atoms with Gasteiger partial charge in [-0.3, -0.25) is 9.59 Å². The van der Waals surface area contributed by atoms with Crippen LogP contribution in [0.1, 0.15) is 35.5 Å². The fourth-order valence-corrected chi connectivity index (χ4v) is 4.59. The van der Waals surface area contributed by atoms with Crippen LogP contribution in [0.15, 0.2) is 24.3 Å². The van der Waals surface area contributed by atoms with Crippen LogP contribution in [-0.2, 0) is 4.79 Å². The fraction of sp³-hybridized carbons (Fsp3) is 0.500. The first-order valence-electron chi connectivity index (χ1n) is 8.66. The third kappa shape index (κ3) is 2.90. The lowest BCUT2D eigenvalue weighted by Crippen LogP contribution is -2.51. The second kappa shape index (κ2) is 6.51. The van der Waals surface area contributed by atoms with Crippen molar-refractivity contribution in [1.29, 1.82) is 0 Å². The molecule has 6 heteroatoms. The lowest BCUT2D eigenvalue weighted by molar-refractivity contribution is -0.136. The lowest BCUT2D eigenvalue weighted by Gasteiger charge is -2.35. The van der Waals surface area contributed by atoms with Crippen molar-refractivity contribution >= 4 is 33.4 Å². The smallest absolute Gasteiger partial charge is 0.282 e. The highest BCUT2D eigenvalue weighted by Gasteiger charge is 2.31. The van der Waals surface area contributed by atoms with Gasteiger partial charge in [-0.05, 0) is 25.0 Å². The Morgan fingerprint density at radius 1 is 1.00 bits per heavy atom. The highest BCUT2D eigenvalue weighted by molar-refractivity contribution is 7.20. The zero-order chi connectivity index (χ0) is 16.5. The van der Waals surface area contributed by atoms with E-state index >= 15 is 0 Å². The van der Waals surface area contributed by atoms with E-state index in [1.165, 1.54) is 24.2 Å². The largest absolute Gasteiger partial charge is 0.339 e. The van der Waals surface area contributed by atoms with E-state index in [1.54, 1.807) is 0 Å². The molecule has 0 radical (unpaired) electrons. The maximum absolute atomic E-state index is 12.7. The molecule has 2 fully saturated rings. The summed E-state index contributed by atoms with van der Waals surface area (Å²) in [6, 6.07) is 7.81. The van der Waals surface area contributed by atoms with Crippen molar-refractivity contribution < 1.29 is 9.59 Å². The molecular formula is C18H21N3O2S. The van der Waals surface area contributed by atoms with Crippen LogP contribution in [0.25, 0.3) is 10.2 Å². The first-order valence-corrected chi connectivity index (χ1v) is 9.47. The molecule has 24 heavy (non-hydrogen) atoms. The number of para-hydroxylation sites is 1. The summed E-state index contributed by atoms with van der Waals surface area (Å²) in [5.41, 5.74) is 0.876. The summed E-state index contributed by atoms with van der Waals surface area (Å²) in [4.78, 5) is 33.4. The molecule has 1 aliphatic carbocycles. The second-order valence-corrected chi connectivity index (χ2v) is 7.62. The molecule has 0 N–H and O–H groups in total. The molecule has 2 aliphatic rings. The van der Waals surface area contributed by atoms with Crippen molar-refractivity contribution in [2.45, 2.75) is 25.7 Å². The molecule has 1 aliphatic heterocycles. The highest BCUT2D eigenvalue weighted by Crippen LogP contribution is 2.27. The molecule has 2 aromatic rings. The second-order valence-electron chi connectivity index (χ2n) is 6.59. The minimum absolute atomic E-state index is 0.0100. The molecule has 0 unspecified atom stereocenters. The molecule has 2 amide bonds. The minimum Gasteiger partial charge on any atom is -0.339 e. The van der Waals surface area contributed by atoms with Crippen LogP contribution in [-0.4, -0.2) is 52.8 Å². The number of carbonyl (C=O) groups is 2. The Bertz CT molecular complexity index is 725. The molecule has 4 rings (SSSR count). The van der Waals surface area contributed by atoms with Crippen LogP contribution in [0.4, 0.5) is 0 Å². The van der Waals surface area contributed by atoms with Gasteiger partial charge in [0.05, 0.1) is 10.2 Å². The summed E-state index contributed by atoms with van der Waals surface area (Å²) in [5, 5.41) is 0.548. The van der Waals surface area contributed by atoms with Crippen LogP contribution in [0.5, 0.6) is 0 Å². The van der Waals surface area contributed by atoms with Crippen LogP contribution in [0, 0.1) is 5.92 Å². The standard InChI is InChI=1S/C18H21N3O2S/c22-17(13-5-1-2-6-13)20-9-11-21(12-10-20)18(23)16-19-14-7-3-4-8-15(14)24-16/h3-4,7-8,13H,1-2,5-6,9-12H2. The molecule has 1 aromatic heterocycles. The first-order chi connectivity index (χ1) is 11.7. The zero-order valence-corrected chi connectivity index (χ0v) is 14.4. The first kappa shape index (κ1) is 15.6. The molecule has 1 saturated heterocycles. The number of benzene rings is 1. The Morgan fingerprint density at radius 2 is 1.67 bits per heavy atom. The molecule has 2 heterocycles. The molecule has 5 nitrogen and oxygen atoms in total. The van der Waals surface area contributed by atoms with E-state index in [2.05, 4.69) is 4.98 Å². The predicted octanol–water partition coefficient (Wildman–Crippen LogP) is 2.77. The Kier molecular flexibility index (Phi) is 4.22. The summed E-state index contributed by atoms with van der Waals surface area (Å²) in [7, 11) is 0. The van der Waals surface area contributed by atoms with Gasteiger partial charge in [0.25, 0.3) is 5.91 Å². The third-order valence-electron chi connectivity index (χ3n) is 5.06. The fourth-order valence-electron chi connectivity index (χ4n) is 3.66.